The minimum Gasteiger partial charge on any atom is -0.356 e. The van der Waals surface area contributed by atoms with Crippen LogP contribution in [0.25, 0.3) is 0 Å². The lowest BCUT2D eigenvalue weighted by Gasteiger charge is -2.12. The van der Waals surface area contributed by atoms with Crippen molar-refractivity contribution in [2.75, 3.05) is 32.9 Å². The van der Waals surface area contributed by atoms with Gasteiger partial charge in [0.15, 0.2) is 15.8 Å². The molecule has 0 fully saturated rings. The van der Waals surface area contributed by atoms with E-state index >= 15 is 0 Å². The third-order valence-electron chi connectivity index (χ3n) is 4.28. The van der Waals surface area contributed by atoms with Crippen molar-refractivity contribution in [2.24, 2.45) is 4.99 Å². The molecule has 0 spiro atoms. The summed E-state index contributed by atoms with van der Waals surface area (Å²) in [6, 6.07) is 16.8. The number of nitrogens with zero attached hydrogens (tertiary/aromatic N) is 1. The Morgan fingerprint density at radius 2 is 1.45 bits per heavy atom. The number of amides is 1. The molecular formula is C21H28N4O3S. The molecule has 2 rings (SSSR count). The number of nitrogens with one attached hydrogen (secondary N) is 3. The molecule has 0 atom stereocenters. The van der Waals surface area contributed by atoms with Crippen molar-refractivity contribution in [3.63, 3.8) is 0 Å². The fourth-order valence-corrected chi connectivity index (χ4v) is 3.30. The third-order valence-corrected chi connectivity index (χ3v) is 5.40. The Kier molecular flexibility index (Phi) is 8.67. The molecule has 0 heterocycles. The molecule has 0 saturated carbocycles. The lowest BCUT2D eigenvalue weighted by Crippen LogP contribution is -2.44. The quantitative estimate of drug-likeness (QED) is 0.421. The van der Waals surface area contributed by atoms with Crippen molar-refractivity contribution in [3.8, 4) is 0 Å². The standard InChI is InChI=1S/C21H28N4O3S/c1-22-21(24-15-13-18-8-10-19(11-9-18)29(2,27)28)25-16-20(26)23-14-12-17-6-4-3-5-7-17/h3-11H,12-16H2,1-2H3,(H,23,26)(H2,22,24,25). The second-order valence-corrected chi connectivity index (χ2v) is 8.62. The fourth-order valence-electron chi connectivity index (χ4n) is 2.67. The number of benzene rings is 2. The van der Waals surface area contributed by atoms with Crippen molar-refractivity contribution < 1.29 is 13.2 Å². The van der Waals surface area contributed by atoms with Gasteiger partial charge < -0.3 is 16.0 Å². The second kappa shape index (κ2) is 11.2. The number of hydrogen-bond donors (Lipinski definition) is 3. The molecule has 7 nitrogen and oxygen atoms in total. The molecule has 0 aliphatic rings. The van der Waals surface area contributed by atoms with Crippen molar-refractivity contribution in [3.05, 3.63) is 65.7 Å². The van der Waals surface area contributed by atoms with Gasteiger partial charge in [0.25, 0.3) is 0 Å². The summed E-state index contributed by atoms with van der Waals surface area (Å²) in [6.07, 6.45) is 2.68. The van der Waals surface area contributed by atoms with Crippen LogP contribution in [0, 0.1) is 0 Å². The Bertz CT molecular complexity index is 911. The van der Waals surface area contributed by atoms with E-state index in [1.807, 2.05) is 30.3 Å². The van der Waals surface area contributed by atoms with E-state index in [9.17, 15) is 13.2 Å². The van der Waals surface area contributed by atoms with Crippen LogP contribution in [0.3, 0.4) is 0 Å². The predicted molar refractivity (Wildman–Crippen MR) is 116 cm³/mol. The summed E-state index contributed by atoms with van der Waals surface area (Å²) in [6.45, 7) is 1.32. The number of carbonyl (C=O) groups is 1. The van der Waals surface area contributed by atoms with Gasteiger partial charge in [0.05, 0.1) is 11.4 Å². The number of rotatable bonds is 9. The van der Waals surface area contributed by atoms with Gasteiger partial charge in [0.2, 0.25) is 5.91 Å². The number of hydrogen-bond acceptors (Lipinski definition) is 4. The van der Waals surface area contributed by atoms with E-state index in [2.05, 4.69) is 20.9 Å². The number of sulfone groups is 1. The van der Waals surface area contributed by atoms with Gasteiger partial charge in [-0.05, 0) is 36.1 Å². The molecule has 2 aromatic carbocycles. The first-order valence-electron chi connectivity index (χ1n) is 9.42. The van der Waals surface area contributed by atoms with Gasteiger partial charge in [0.1, 0.15) is 0 Å². The van der Waals surface area contributed by atoms with Crippen LogP contribution in [0.4, 0.5) is 0 Å². The molecular weight excluding hydrogens is 388 g/mol. The van der Waals surface area contributed by atoms with Crippen LogP contribution in [0.1, 0.15) is 11.1 Å². The molecule has 0 aliphatic heterocycles. The summed E-state index contributed by atoms with van der Waals surface area (Å²) in [7, 11) is -1.54. The molecule has 0 saturated heterocycles. The SMILES string of the molecule is CN=C(NCCc1ccc(S(C)(=O)=O)cc1)NCC(=O)NCCc1ccccc1. The van der Waals surface area contributed by atoms with E-state index in [0.29, 0.717) is 30.4 Å². The van der Waals surface area contributed by atoms with E-state index in [-0.39, 0.29) is 12.5 Å². The van der Waals surface area contributed by atoms with Crippen LogP contribution < -0.4 is 16.0 Å². The molecule has 29 heavy (non-hydrogen) atoms. The maximum atomic E-state index is 12.0. The molecule has 2 aromatic rings. The van der Waals surface area contributed by atoms with E-state index < -0.39 is 9.84 Å². The topological polar surface area (TPSA) is 99.7 Å². The number of carbonyl (C=O) groups excluding carboxylic acids is 1. The largest absolute Gasteiger partial charge is 0.356 e. The van der Waals surface area contributed by atoms with E-state index in [1.54, 1.807) is 31.3 Å². The van der Waals surface area contributed by atoms with Crippen molar-refractivity contribution >= 4 is 21.7 Å². The molecule has 0 unspecified atom stereocenters. The summed E-state index contributed by atoms with van der Waals surface area (Å²) in [4.78, 5) is 16.4. The summed E-state index contributed by atoms with van der Waals surface area (Å²) in [5, 5.41) is 9.00. The average Bonchev–Trinajstić information content (AvgIpc) is 2.71. The van der Waals surface area contributed by atoms with Gasteiger partial charge in [-0.15, -0.1) is 0 Å². The summed E-state index contributed by atoms with van der Waals surface area (Å²) in [5.74, 6) is 0.441. The second-order valence-electron chi connectivity index (χ2n) is 6.60. The maximum absolute atomic E-state index is 12.0. The lowest BCUT2D eigenvalue weighted by molar-refractivity contribution is -0.119. The number of guanidine groups is 1. The molecule has 0 aromatic heterocycles. The molecule has 0 bridgehead atoms. The normalized spacial score (nSPS) is 11.7. The van der Waals surface area contributed by atoms with Crippen LogP contribution >= 0.6 is 0 Å². The highest BCUT2D eigenvalue weighted by molar-refractivity contribution is 7.90. The van der Waals surface area contributed by atoms with Gasteiger partial charge >= 0.3 is 0 Å². The highest BCUT2D eigenvalue weighted by atomic mass is 32.2. The smallest absolute Gasteiger partial charge is 0.239 e. The molecule has 1 amide bonds. The van der Waals surface area contributed by atoms with Crippen LogP contribution in [0.15, 0.2) is 64.5 Å². The Labute approximate surface area is 172 Å². The highest BCUT2D eigenvalue weighted by Gasteiger charge is 2.06. The predicted octanol–water partition coefficient (Wildman–Crippen LogP) is 1.16. The first kappa shape index (κ1) is 22.4. The monoisotopic (exact) mass is 416 g/mol. The lowest BCUT2D eigenvalue weighted by atomic mass is 10.1. The Balaban J connectivity index is 1.66. The van der Waals surface area contributed by atoms with Crippen LogP contribution in [0.5, 0.6) is 0 Å². The fraction of sp³-hybridized carbons (Fsp3) is 0.333. The summed E-state index contributed by atoms with van der Waals surface area (Å²) in [5.41, 5.74) is 2.20. The van der Waals surface area contributed by atoms with Gasteiger partial charge in [-0.2, -0.15) is 0 Å². The maximum Gasteiger partial charge on any atom is 0.239 e. The first-order chi connectivity index (χ1) is 13.9. The molecule has 8 heteroatoms. The molecule has 156 valence electrons. The molecule has 0 radical (unpaired) electrons. The minimum atomic E-state index is -3.18. The first-order valence-corrected chi connectivity index (χ1v) is 11.3. The van der Waals surface area contributed by atoms with E-state index in [0.717, 1.165) is 12.0 Å². The van der Waals surface area contributed by atoms with Gasteiger partial charge in [-0.1, -0.05) is 42.5 Å². The van der Waals surface area contributed by atoms with Gasteiger partial charge in [0, 0.05) is 26.4 Å². The Morgan fingerprint density at radius 1 is 0.862 bits per heavy atom. The van der Waals surface area contributed by atoms with Crippen molar-refractivity contribution in [1.82, 2.24) is 16.0 Å². The van der Waals surface area contributed by atoms with Gasteiger partial charge in [-0.25, -0.2) is 8.42 Å². The zero-order valence-electron chi connectivity index (χ0n) is 16.8. The van der Waals surface area contributed by atoms with Crippen LogP contribution in [0.2, 0.25) is 0 Å². The van der Waals surface area contributed by atoms with E-state index in [1.165, 1.54) is 11.8 Å². The van der Waals surface area contributed by atoms with Crippen molar-refractivity contribution in [2.45, 2.75) is 17.7 Å². The minimum absolute atomic E-state index is 0.0970. The summed E-state index contributed by atoms with van der Waals surface area (Å²) >= 11 is 0. The van der Waals surface area contributed by atoms with Crippen LogP contribution in [-0.2, 0) is 27.5 Å². The van der Waals surface area contributed by atoms with Crippen LogP contribution in [-0.4, -0.2) is 53.2 Å². The summed E-state index contributed by atoms with van der Waals surface area (Å²) < 4.78 is 23.0. The van der Waals surface area contributed by atoms with Crippen molar-refractivity contribution in [1.29, 1.82) is 0 Å². The molecule has 0 aliphatic carbocycles. The highest BCUT2D eigenvalue weighted by Crippen LogP contribution is 2.10. The Morgan fingerprint density at radius 3 is 2.03 bits per heavy atom. The average molecular weight is 417 g/mol. The number of aliphatic imine (C=N–C) groups is 1. The van der Waals surface area contributed by atoms with E-state index in [4.69, 9.17) is 0 Å². The zero-order valence-corrected chi connectivity index (χ0v) is 17.6. The van der Waals surface area contributed by atoms with Gasteiger partial charge in [-0.3, -0.25) is 9.79 Å². The zero-order chi connectivity index (χ0) is 21.1. The molecule has 3 N–H and O–H groups in total. The third kappa shape index (κ3) is 8.35. The Hall–Kier alpha value is -2.87.